The molecule has 0 saturated carbocycles. The fourth-order valence-corrected chi connectivity index (χ4v) is 1.78. The fraction of sp³-hybridized carbons (Fsp3) is 0.615. The zero-order valence-electron chi connectivity index (χ0n) is 10.7. The van der Waals surface area contributed by atoms with Crippen LogP contribution >= 0.6 is 0 Å². The van der Waals surface area contributed by atoms with Gasteiger partial charge in [-0.05, 0) is 26.0 Å². The topological polar surface area (TPSA) is 25.2 Å². The Balaban J connectivity index is 2.62. The van der Waals surface area contributed by atoms with Gasteiger partial charge in [-0.3, -0.25) is 9.69 Å². The van der Waals surface area contributed by atoms with E-state index in [9.17, 15) is 4.79 Å². The van der Waals surface area contributed by atoms with Crippen molar-refractivity contribution in [2.45, 2.75) is 33.2 Å². The van der Waals surface area contributed by atoms with Crippen molar-refractivity contribution in [3.05, 3.63) is 24.0 Å². The third-order valence-electron chi connectivity index (χ3n) is 3.12. The van der Waals surface area contributed by atoms with E-state index in [0.717, 1.165) is 18.5 Å². The Hall–Kier alpha value is -1.09. The molecule has 0 fully saturated rings. The van der Waals surface area contributed by atoms with Gasteiger partial charge in [0, 0.05) is 31.0 Å². The van der Waals surface area contributed by atoms with E-state index in [1.807, 2.05) is 30.1 Å². The molecule has 0 amide bonds. The maximum atomic E-state index is 12.0. The Morgan fingerprint density at radius 2 is 2.19 bits per heavy atom. The van der Waals surface area contributed by atoms with Gasteiger partial charge in [-0.2, -0.15) is 0 Å². The molecule has 0 radical (unpaired) electrons. The summed E-state index contributed by atoms with van der Waals surface area (Å²) in [6.07, 6.45) is 4.87. The van der Waals surface area contributed by atoms with Gasteiger partial charge in [-0.1, -0.05) is 13.8 Å². The van der Waals surface area contributed by atoms with Crippen molar-refractivity contribution in [1.29, 1.82) is 0 Å². The summed E-state index contributed by atoms with van der Waals surface area (Å²) in [7, 11) is 1.93. The van der Waals surface area contributed by atoms with Gasteiger partial charge in [0.15, 0.2) is 5.78 Å². The number of likely N-dealkylation sites (N-methyl/N-ethyl adjacent to an activating group) is 1. The third-order valence-corrected chi connectivity index (χ3v) is 3.12. The van der Waals surface area contributed by atoms with Crippen molar-refractivity contribution >= 4 is 5.78 Å². The summed E-state index contributed by atoms with van der Waals surface area (Å²) in [5.41, 5.74) is 0.809. The van der Waals surface area contributed by atoms with Crippen molar-refractivity contribution in [2.24, 2.45) is 7.05 Å². The van der Waals surface area contributed by atoms with Crippen molar-refractivity contribution < 1.29 is 4.79 Å². The first-order valence-electron chi connectivity index (χ1n) is 5.97. The molecule has 3 heteroatoms. The molecule has 0 spiro atoms. The summed E-state index contributed by atoms with van der Waals surface area (Å²) in [5, 5.41) is 0. The number of Topliss-reactive ketones (excluding diaryl/α,β-unsaturated/α-hetero) is 1. The summed E-state index contributed by atoms with van der Waals surface area (Å²) in [5.74, 6) is 0.211. The lowest BCUT2D eigenvalue weighted by atomic mass is 10.1. The zero-order valence-corrected chi connectivity index (χ0v) is 10.7. The number of hydrogen-bond donors (Lipinski definition) is 0. The van der Waals surface area contributed by atoms with Crippen molar-refractivity contribution in [3.8, 4) is 0 Å². The van der Waals surface area contributed by atoms with Gasteiger partial charge in [-0.25, -0.2) is 0 Å². The standard InChI is InChI=1S/C13H22N2O/c1-5-11(3)15(6-2)10-13(16)12-7-8-14(4)9-12/h7-9,11H,5-6,10H2,1-4H3. The molecule has 0 aliphatic rings. The first-order chi connectivity index (χ1) is 7.58. The average Bonchev–Trinajstić information content (AvgIpc) is 2.71. The van der Waals surface area contributed by atoms with Crippen LogP contribution in [0.1, 0.15) is 37.6 Å². The normalized spacial score (nSPS) is 13.1. The molecule has 1 unspecified atom stereocenters. The fourth-order valence-electron chi connectivity index (χ4n) is 1.78. The predicted octanol–water partition coefficient (Wildman–Crippen LogP) is 2.33. The largest absolute Gasteiger partial charge is 0.357 e. The second kappa shape index (κ2) is 5.85. The predicted molar refractivity (Wildman–Crippen MR) is 66.7 cm³/mol. The second-order valence-electron chi connectivity index (χ2n) is 4.31. The van der Waals surface area contributed by atoms with E-state index in [1.165, 1.54) is 0 Å². The number of nitrogens with zero attached hydrogens (tertiary/aromatic N) is 2. The summed E-state index contributed by atoms with van der Waals surface area (Å²) < 4.78 is 1.91. The number of ketones is 1. The SMILES string of the molecule is CCC(C)N(CC)CC(=O)c1ccn(C)c1. The van der Waals surface area contributed by atoms with E-state index in [0.29, 0.717) is 12.6 Å². The van der Waals surface area contributed by atoms with Gasteiger partial charge in [0.1, 0.15) is 0 Å². The Morgan fingerprint density at radius 3 is 2.62 bits per heavy atom. The zero-order chi connectivity index (χ0) is 12.1. The van der Waals surface area contributed by atoms with Gasteiger partial charge in [-0.15, -0.1) is 0 Å². The number of rotatable bonds is 6. The molecule has 16 heavy (non-hydrogen) atoms. The van der Waals surface area contributed by atoms with Crippen LogP contribution in [0.15, 0.2) is 18.5 Å². The van der Waals surface area contributed by atoms with Gasteiger partial charge >= 0.3 is 0 Å². The van der Waals surface area contributed by atoms with Gasteiger partial charge in [0.2, 0.25) is 0 Å². The molecule has 1 aromatic heterocycles. The monoisotopic (exact) mass is 222 g/mol. The van der Waals surface area contributed by atoms with Crippen LogP contribution in [0.25, 0.3) is 0 Å². The first-order valence-corrected chi connectivity index (χ1v) is 5.97. The maximum Gasteiger partial charge on any atom is 0.178 e. The molecule has 1 atom stereocenters. The van der Waals surface area contributed by atoms with Crippen molar-refractivity contribution in [3.63, 3.8) is 0 Å². The number of carbonyl (C=O) groups excluding carboxylic acids is 1. The van der Waals surface area contributed by atoms with Gasteiger partial charge in [0.25, 0.3) is 0 Å². The molecular weight excluding hydrogens is 200 g/mol. The third kappa shape index (κ3) is 3.20. The summed E-state index contributed by atoms with van der Waals surface area (Å²) in [4.78, 5) is 14.2. The van der Waals surface area contributed by atoms with Crippen LogP contribution in [0.3, 0.4) is 0 Å². The van der Waals surface area contributed by atoms with Crippen molar-refractivity contribution in [2.75, 3.05) is 13.1 Å². The Bertz CT molecular complexity index is 343. The molecule has 1 heterocycles. The molecule has 1 aromatic rings. The lowest BCUT2D eigenvalue weighted by molar-refractivity contribution is 0.0902. The summed E-state index contributed by atoms with van der Waals surface area (Å²) >= 11 is 0. The molecule has 0 aliphatic carbocycles. The van der Waals surface area contributed by atoms with E-state index < -0.39 is 0 Å². The molecule has 0 bridgehead atoms. The number of aryl methyl sites for hydroxylation is 1. The Morgan fingerprint density at radius 1 is 1.50 bits per heavy atom. The van der Waals surface area contributed by atoms with Crippen LogP contribution < -0.4 is 0 Å². The second-order valence-corrected chi connectivity index (χ2v) is 4.31. The van der Waals surface area contributed by atoms with Gasteiger partial charge < -0.3 is 4.57 Å². The quantitative estimate of drug-likeness (QED) is 0.690. The van der Waals surface area contributed by atoms with E-state index >= 15 is 0 Å². The van der Waals surface area contributed by atoms with Crippen molar-refractivity contribution in [1.82, 2.24) is 9.47 Å². The number of hydrogen-bond acceptors (Lipinski definition) is 2. The highest BCUT2D eigenvalue weighted by atomic mass is 16.1. The van der Waals surface area contributed by atoms with Crippen LogP contribution in [-0.2, 0) is 7.05 Å². The highest BCUT2D eigenvalue weighted by molar-refractivity contribution is 5.97. The van der Waals surface area contributed by atoms with E-state index in [2.05, 4.69) is 25.7 Å². The van der Waals surface area contributed by atoms with Crippen LogP contribution in [-0.4, -0.2) is 34.4 Å². The molecule has 3 nitrogen and oxygen atoms in total. The highest BCUT2D eigenvalue weighted by Gasteiger charge is 2.15. The maximum absolute atomic E-state index is 12.0. The Labute approximate surface area is 98.1 Å². The summed E-state index contributed by atoms with van der Waals surface area (Å²) in [6.45, 7) is 7.87. The Kier molecular flexibility index (Phi) is 4.74. The molecular formula is C13H22N2O. The first kappa shape index (κ1) is 13.0. The van der Waals surface area contributed by atoms with Crippen LogP contribution in [0.4, 0.5) is 0 Å². The smallest absolute Gasteiger partial charge is 0.178 e. The molecule has 90 valence electrons. The lowest BCUT2D eigenvalue weighted by Crippen LogP contribution is -2.36. The molecule has 0 saturated heterocycles. The van der Waals surface area contributed by atoms with Gasteiger partial charge in [0.05, 0.1) is 6.54 Å². The lowest BCUT2D eigenvalue weighted by Gasteiger charge is -2.25. The number of aromatic nitrogens is 1. The minimum absolute atomic E-state index is 0.211. The number of carbonyl (C=O) groups is 1. The van der Waals surface area contributed by atoms with Crippen LogP contribution in [0, 0.1) is 0 Å². The minimum Gasteiger partial charge on any atom is -0.357 e. The van der Waals surface area contributed by atoms with E-state index in [4.69, 9.17) is 0 Å². The average molecular weight is 222 g/mol. The molecule has 1 rings (SSSR count). The molecule has 0 aliphatic heterocycles. The van der Waals surface area contributed by atoms with E-state index in [1.54, 1.807) is 0 Å². The molecule has 0 aromatic carbocycles. The minimum atomic E-state index is 0.211. The van der Waals surface area contributed by atoms with Crippen LogP contribution in [0.5, 0.6) is 0 Å². The van der Waals surface area contributed by atoms with Crippen LogP contribution in [0.2, 0.25) is 0 Å². The van der Waals surface area contributed by atoms with E-state index in [-0.39, 0.29) is 5.78 Å². The molecule has 0 N–H and O–H groups in total. The summed E-state index contributed by atoms with van der Waals surface area (Å²) in [6, 6.07) is 2.35. The highest BCUT2D eigenvalue weighted by Crippen LogP contribution is 2.07.